The van der Waals surface area contributed by atoms with Gasteiger partial charge in [0.2, 0.25) is 5.95 Å². The SMILES string of the molecule is CC(c1ccccn1)n1ccnc1Nc1ccccc1. The van der Waals surface area contributed by atoms with Crippen LogP contribution in [-0.2, 0) is 0 Å². The van der Waals surface area contributed by atoms with E-state index < -0.39 is 0 Å². The molecule has 100 valence electrons. The van der Waals surface area contributed by atoms with Crippen molar-refractivity contribution in [3.8, 4) is 0 Å². The second-order valence-electron chi connectivity index (χ2n) is 4.58. The van der Waals surface area contributed by atoms with E-state index in [1.165, 1.54) is 0 Å². The summed E-state index contributed by atoms with van der Waals surface area (Å²) in [4.78, 5) is 8.79. The number of hydrogen-bond acceptors (Lipinski definition) is 3. The summed E-state index contributed by atoms with van der Waals surface area (Å²) in [6.07, 6.45) is 5.57. The van der Waals surface area contributed by atoms with E-state index in [0.717, 1.165) is 17.3 Å². The second kappa shape index (κ2) is 5.57. The first-order valence-electron chi connectivity index (χ1n) is 6.60. The molecule has 0 amide bonds. The summed E-state index contributed by atoms with van der Waals surface area (Å²) in [5.41, 5.74) is 2.04. The first-order valence-corrected chi connectivity index (χ1v) is 6.60. The van der Waals surface area contributed by atoms with E-state index in [4.69, 9.17) is 0 Å². The molecule has 1 unspecified atom stereocenters. The summed E-state index contributed by atoms with van der Waals surface area (Å²) in [6.45, 7) is 2.11. The fourth-order valence-corrected chi connectivity index (χ4v) is 2.14. The third kappa shape index (κ3) is 2.54. The lowest BCUT2D eigenvalue weighted by Crippen LogP contribution is -2.10. The van der Waals surface area contributed by atoms with Gasteiger partial charge in [0, 0.05) is 24.3 Å². The van der Waals surface area contributed by atoms with Crippen molar-refractivity contribution in [3.05, 3.63) is 72.8 Å². The Morgan fingerprint density at radius 2 is 1.75 bits per heavy atom. The zero-order valence-electron chi connectivity index (χ0n) is 11.3. The number of aromatic nitrogens is 3. The highest BCUT2D eigenvalue weighted by Crippen LogP contribution is 2.22. The molecule has 4 nitrogen and oxygen atoms in total. The monoisotopic (exact) mass is 264 g/mol. The summed E-state index contributed by atoms with van der Waals surface area (Å²) < 4.78 is 2.08. The minimum Gasteiger partial charge on any atom is -0.326 e. The van der Waals surface area contributed by atoms with Crippen molar-refractivity contribution >= 4 is 11.6 Å². The van der Waals surface area contributed by atoms with Crippen molar-refractivity contribution in [1.29, 1.82) is 0 Å². The Hall–Kier alpha value is -2.62. The molecule has 0 bridgehead atoms. The maximum Gasteiger partial charge on any atom is 0.207 e. The van der Waals surface area contributed by atoms with Crippen LogP contribution >= 0.6 is 0 Å². The molecule has 2 heterocycles. The number of nitrogens with zero attached hydrogens (tertiary/aromatic N) is 3. The van der Waals surface area contributed by atoms with Gasteiger partial charge in [-0.2, -0.15) is 0 Å². The number of pyridine rings is 1. The van der Waals surface area contributed by atoms with Crippen molar-refractivity contribution in [2.45, 2.75) is 13.0 Å². The number of imidazole rings is 1. The second-order valence-corrected chi connectivity index (χ2v) is 4.58. The minimum atomic E-state index is 0.130. The van der Waals surface area contributed by atoms with Crippen molar-refractivity contribution in [2.24, 2.45) is 0 Å². The highest BCUT2D eigenvalue weighted by molar-refractivity contribution is 5.53. The third-order valence-corrected chi connectivity index (χ3v) is 3.23. The predicted molar refractivity (Wildman–Crippen MR) is 80.0 cm³/mol. The molecule has 0 saturated carbocycles. The maximum atomic E-state index is 4.41. The Labute approximate surface area is 118 Å². The molecule has 0 radical (unpaired) electrons. The van der Waals surface area contributed by atoms with E-state index in [0.29, 0.717) is 0 Å². The molecule has 0 aliphatic rings. The summed E-state index contributed by atoms with van der Waals surface area (Å²) in [5, 5.41) is 3.33. The van der Waals surface area contributed by atoms with Crippen LogP contribution in [0.4, 0.5) is 11.6 Å². The largest absolute Gasteiger partial charge is 0.326 e. The number of nitrogens with one attached hydrogen (secondary N) is 1. The van der Waals surface area contributed by atoms with Crippen molar-refractivity contribution in [1.82, 2.24) is 14.5 Å². The van der Waals surface area contributed by atoms with Crippen LogP contribution in [0.15, 0.2) is 67.1 Å². The lowest BCUT2D eigenvalue weighted by Gasteiger charge is -2.16. The van der Waals surface area contributed by atoms with E-state index in [9.17, 15) is 0 Å². The minimum absolute atomic E-state index is 0.130. The molecular weight excluding hydrogens is 248 g/mol. The quantitative estimate of drug-likeness (QED) is 0.782. The van der Waals surface area contributed by atoms with Gasteiger partial charge in [0.05, 0.1) is 11.7 Å². The Kier molecular flexibility index (Phi) is 3.46. The molecule has 1 aromatic carbocycles. The highest BCUT2D eigenvalue weighted by Gasteiger charge is 2.12. The van der Waals surface area contributed by atoms with Gasteiger partial charge in [-0.25, -0.2) is 4.98 Å². The standard InChI is InChI=1S/C16H16N4/c1-13(15-9-5-6-10-17-15)20-12-11-18-16(20)19-14-7-3-2-4-8-14/h2-13H,1H3,(H,18,19). The van der Waals surface area contributed by atoms with Crippen LogP contribution in [0.2, 0.25) is 0 Å². The van der Waals surface area contributed by atoms with Crippen LogP contribution < -0.4 is 5.32 Å². The number of benzene rings is 1. The average molecular weight is 264 g/mol. The molecule has 4 heteroatoms. The number of para-hydroxylation sites is 1. The van der Waals surface area contributed by atoms with Crippen LogP contribution in [-0.4, -0.2) is 14.5 Å². The van der Waals surface area contributed by atoms with Gasteiger partial charge >= 0.3 is 0 Å². The molecule has 0 aliphatic carbocycles. The number of anilines is 2. The highest BCUT2D eigenvalue weighted by atomic mass is 15.2. The van der Waals surface area contributed by atoms with Crippen LogP contribution in [0.1, 0.15) is 18.7 Å². The van der Waals surface area contributed by atoms with E-state index in [1.807, 2.05) is 60.9 Å². The van der Waals surface area contributed by atoms with E-state index >= 15 is 0 Å². The Morgan fingerprint density at radius 1 is 0.950 bits per heavy atom. The van der Waals surface area contributed by atoms with Crippen LogP contribution in [0.25, 0.3) is 0 Å². The Balaban J connectivity index is 1.87. The van der Waals surface area contributed by atoms with Gasteiger partial charge in [-0.05, 0) is 31.2 Å². The maximum absolute atomic E-state index is 4.41. The lowest BCUT2D eigenvalue weighted by molar-refractivity contribution is 0.628. The number of rotatable bonds is 4. The molecule has 0 fully saturated rings. The molecule has 1 atom stereocenters. The smallest absolute Gasteiger partial charge is 0.207 e. The Morgan fingerprint density at radius 3 is 2.50 bits per heavy atom. The molecule has 0 spiro atoms. The van der Waals surface area contributed by atoms with Gasteiger partial charge in [0.1, 0.15) is 0 Å². The molecule has 3 aromatic rings. The molecular formula is C16H16N4. The van der Waals surface area contributed by atoms with E-state index in [-0.39, 0.29) is 6.04 Å². The third-order valence-electron chi connectivity index (χ3n) is 3.23. The predicted octanol–water partition coefficient (Wildman–Crippen LogP) is 3.63. The van der Waals surface area contributed by atoms with Crippen molar-refractivity contribution < 1.29 is 0 Å². The lowest BCUT2D eigenvalue weighted by atomic mass is 10.2. The molecule has 20 heavy (non-hydrogen) atoms. The molecule has 3 rings (SSSR count). The molecule has 2 aromatic heterocycles. The fraction of sp³-hybridized carbons (Fsp3) is 0.125. The first kappa shape index (κ1) is 12.4. The number of hydrogen-bond donors (Lipinski definition) is 1. The van der Waals surface area contributed by atoms with Gasteiger partial charge in [0.15, 0.2) is 0 Å². The average Bonchev–Trinajstić information content (AvgIpc) is 2.96. The van der Waals surface area contributed by atoms with Crippen LogP contribution in [0.5, 0.6) is 0 Å². The fourth-order valence-electron chi connectivity index (χ4n) is 2.14. The van der Waals surface area contributed by atoms with E-state index in [1.54, 1.807) is 6.20 Å². The van der Waals surface area contributed by atoms with Crippen LogP contribution in [0.3, 0.4) is 0 Å². The van der Waals surface area contributed by atoms with Crippen molar-refractivity contribution in [3.63, 3.8) is 0 Å². The van der Waals surface area contributed by atoms with Crippen LogP contribution in [0, 0.1) is 0 Å². The normalized spacial score (nSPS) is 12.1. The van der Waals surface area contributed by atoms with Crippen molar-refractivity contribution in [2.75, 3.05) is 5.32 Å². The summed E-state index contributed by atoms with van der Waals surface area (Å²) in [7, 11) is 0. The topological polar surface area (TPSA) is 42.7 Å². The summed E-state index contributed by atoms with van der Waals surface area (Å²) in [6, 6.07) is 16.1. The zero-order valence-corrected chi connectivity index (χ0v) is 11.3. The van der Waals surface area contributed by atoms with Gasteiger partial charge in [-0.1, -0.05) is 24.3 Å². The molecule has 0 aliphatic heterocycles. The van der Waals surface area contributed by atoms with Gasteiger partial charge in [-0.15, -0.1) is 0 Å². The van der Waals surface area contributed by atoms with Gasteiger partial charge < -0.3 is 9.88 Å². The van der Waals surface area contributed by atoms with Gasteiger partial charge in [0.25, 0.3) is 0 Å². The summed E-state index contributed by atoms with van der Waals surface area (Å²) >= 11 is 0. The Bertz CT molecular complexity index is 661. The summed E-state index contributed by atoms with van der Waals surface area (Å²) in [5.74, 6) is 0.814. The van der Waals surface area contributed by atoms with E-state index in [2.05, 4.69) is 26.8 Å². The zero-order chi connectivity index (χ0) is 13.8. The molecule has 0 saturated heterocycles. The van der Waals surface area contributed by atoms with Gasteiger partial charge in [-0.3, -0.25) is 4.98 Å². The first-order chi connectivity index (χ1) is 9.84. The molecule has 1 N–H and O–H groups in total.